The Hall–Kier alpha value is -2.98. The van der Waals surface area contributed by atoms with Crippen molar-refractivity contribution >= 4 is 17.1 Å². The van der Waals surface area contributed by atoms with Crippen molar-refractivity contribution in [1.82, 2.24) is 4.90 Å². The molecular weight excluding hydrogens is 382 g/mol. The third-order valence-electron chi connectivity index (χ3n) is 6.23. The van der Waals surface area contributed by atoms with Gasteiger partial charge in [-0.1, -0.05) is 42.5 Å². The van der Waals surface area contributed by atoms with Crippen molar-refractivity contribution in [2.45, 2.75) is 25.3 Å². The minimum absolute atomic E-state index is 0.327. The van der Waals surface area contributed by atoms with Gasteiger partial charge < -0.3 is 19.8 Å². The molecule has 1 aliphatic rings. The molecule has 4 heteroatoms. The van der Waals surface area contributed by atoms with Crippen molar-refractivity contribution in [3.05, 3.63) is 84.9 Å². The van der Waals surface area contributed by atoms with Crippen LogP contribution >= 0.6 is 0 Å². The Labute approximate surface area is 186 Å². The van der Waals surface area contributed by atoms with Crippen molar-refractivity contribution in [1.29, 1.82) is 0 Å². The van der Waals surface area contributed by atoms with Gasteiger partial charge in [-0.3, -0.25) is 0 Å². The van der Waals surface area contributed by atoms with Gasteiger partial charge in [-0.2, -0.15) is 0 Å². The van der Waals surface area contributed by atoms with E-state index in [2.05, 4.69) is 82.4 Å². The lowest BCUT2D eigenvalue weighted by molar-refractivity contribution is 0.211. The zero-order chi connectivity index (χ0) is 21.5. The summed E-state index contributed by atoms with van der Waals surface area (Å²) < 4.78 is 0. The van der Waals surface area contributed by atoms with Gasteiger partial charge in [0.15, 0.2) is 0 Å². The first-order valence-electron chi connectivity index (χ1n) is 11.3. The van der Waals surface area contributed by atoms with Gasteiger partial charge in [0.25, 0.3) is 0 Å². The van der Waals surface area contributed by atoms with E-state index < -0.39 is 0 Å². The number of aromatic hydroxyl groups is 1. The van der Waals surface area contributed by atoms with Gasteiger partial charge in [-0.15, -0.1) is 0 Å². The Balaban J connectivity index is 1.31. The summed E-state index contributed by atoms with van der Waals surface area (Å²) in [5.41, 5.74) is 3.62. The van der Waals surface area contributed by atoms with Gasteiger partial charge in [0.05, 0.1) is 0 Å². The van der Waals surface area contributed by atoms with E-state index in [0.29, 0.717) is 11.8 Å². The number of rotatable bonds is 8. The average molecular weight is 416 g/mol. The van der Waals surface area contributed by atoms with E-state index in [9.17, 15) is 5.11 Å². The molecule has 1 saturated heterocycles. The van der Waals surface area contributed by atoms with E-state index in [1.807, 2.05) is 18.2 Å². The summed E-state index contributed by atoms with van der Waals surface area (Å²) in [7, 11) is 2.10. The van der Waals surface area contributed by atoms with Gasteiger partial charge in [0, 0.05) is 55.9 Å². The van der Waals surface area contributed by atoms with Crippen LogP contribution in [0.4, 0.5) is 17.1 Å². The lowest BCUT2D eigenvalue weighted by Gasteiger charge is -2.40. The molecule has 0 aromatic heterocycles. The molecule has 0 radical (unpaired) electrons. The molecule has 0 unspecified atom stereocenters. The van der Waals surface area contributed by atoms with Crippen LogP contribution in [-0.4, -0.2) is 49.3 Å². The van der Waals surface area contributed by atoms with Gasteiger partial charge in [-0.25, -0.2) is 0 Å². The second-order valence-corrected chi connectivity index (χ2v) is 8.41. The van der Waals surface area contributed by atoms with E-state index in [4.69, 9.17) is 0 Å². The van der Waals surface area contributed by atoms with E-state index in [-0.39, 0.29) is 0 Å². The molecule has 0 saturated carbocycles. The molecule has 0 bridgehead atoms. The van der Waals surface area contributed by atoms with Crippen LogP contribution in [0.25, 0.3) is 0 Å². The first kappa shape index (κ1) is 21.3. The highest BCUT2D eigenvalue weighted by atomic mass is 16.3. The van der Waals surface area contributed by atoms with Crippen molar-refractivity contribution in [3.8, 4) is 5.75 Å². The molecule has 0 spiro atoms. The number of nitrogens with zero attached hydrogens (tertiary/aromatic N) is 3. The number of phenols is 1. The number of hydrogen-bond acceptors (Lipinski definition) is 4. The van der Waals surface area contributed by atoms with Crippen LogP contribution in [0.15, 0.2) is 84.9 Å². The molecule has 4 rings (SSSR count). The molecule has 0 aliphatic carbocycles. The van der Waals surface area contributed by atoms with Crippen LogP contribution in [-0.2, 0) is 0 Å². The predicted octanol–water partition coefficient (Wildman–Crippen LogP) is 5.52. The average Bonchev–Trinajstić information content (AvgIpc) is 2.82. The monoisotopic (exact) mass is 415 g/mol. The summed E-state index contributed by atoms with van der Waals surface area (Å²) in [5, 5.41) is 9.69. The number of hydrogen-bond donors (Lipinski definition) is 1. The molecule has 1 heterocycles. The first-order chi connectivity index (χ1) is 15.2. The highest BCUT2D eigenvalue weighted by molar-refractivity contribution is 5.64. The number of piperidine rings is 1. The number of anilines is 3. The van der Waals surface area contributed by atoms with E-state index in [1.54, 1.807) is 6.07 Å². The highest BCUT2D eigenvalue weighted by Crippen LogP contribution is 2.31. The quantitative estimate of drug-likeness (QED) is 0.525. The summed E-state index contributed by atoms with van der Waals surface area (Å²) in [6, 6.07) is 29.6. The van der Waals surface area contributed by atoms with Crippen molar-refractivity contribution in [2.75, 3.05) is 43.0 Å². The molecular formula is C27H33N3O. The number of para-hydroxylation sites is 2. The van der Waals surface area contributed by atoms with Crippen molar-refractivity contribution < 1.29 is 5.11 Å². The summed E-state index contributed by atoms with van der Waals surface area (Å²) in [6.45, 7) is 4.38. The molecule has 162 valence electrons. The van der Waals surface area contributed by atoms with Gasteiger partial charge in [-0.05, 0) is 62.2 Å². The van der Waals surface area contributed by atoms with E-state index >= 15 is 0 Å². The Morgan fingerprint density at radius 2 is 1.39 bits per heavy atom. The van der Waals surface area contributed by atoms with Gasteiger partial charge in [0.2, 0.25) is 0 Å². The second kappa shape index (κ2) is 10.4. The Kier molecular flexibility index (Phi) is 7.11. The molecule has 1 fully saturated rings. The largest absolute Gasteiger partial charge is 0.508 e. The summed E-state index contributed by atoms with van der Waals surface area (Å²) in [4.78, 5) is 7.34. The SMILES string of the molecule is CN(CCCN1CCC(N(c2ccccc2)c2ccccc2)CC1)c1cccc(O)c1. The number of phenolic OH excluding ortho intramolecular Hbond substituents is 1. The van der Waals surface area contributed by atoms with Crippen molar-refractivity contribution in [3.63, 3.8) is 0 Å². The summed E-state index contributed by atoms with van der Waals surface area (Å²) >= 11 is 0. The zero-order valence-corrected chi connectivity index (χ0v) is 18.4. The fraction of sp³-hybridized carbons (Fsp3) is 0.333. The maximum absolute atomic E-state index is 9.69. The van der Waals surface area contributed by atoms with E-state index in [1.165, 1.54) is 24.2 Å². The second-order valence-electron chi connectivity index (χ2n) is 8.41. The molecule has 0 atom stereocenters. The zero-order valence-electron chi connectivity index (χ0n) is 18.4. The fourth-order valence-electron chi connectivity index (χ4n) is 4.54. The van der Waals surface area contributed by atoms with Crippen LogP contribution in [0.1, 0.15) is 19.3 Å². The smallest absolute Gasteiger partial charge is 0.117 e. The Morgan fingerprint density at radius 1 is 0.806 bits per heavy atom. The predicted molar refractivity (Wildman–Crippen MR) is 130 cm³/mol. The lowest BCUT2D eigenvalue weighted by atomic mass is 10.0. The third-order valence-corrected chi connectivity index (χ3v) is 6.23. The molecule has 3 aromatic carbocycles. The highest BCUT2D eigenvalue weighted by Gasteiger charge is 2.25. The van der Waals surface area contributed by atoms with Gasteiger partial charge >= 0.3 is 0 Å². The minimum atomic E-state index is 0.327. The topological polar surface area (TPSA) is 30.0 Å². The lowest BCUT2D eigenvalue weighted by Crippen LogP contribution is -2.43. The summed E-state index contributed by atoms with van der Waals surface area (Å²) in [6.07, 6.45) is 3.47. The van der Waals surface area contributed by atoms with Crippen LogP contribution < -0.4 is 9.80 Å². The van der Waals surface area contributed by atoms with Crippen molar-refractivity contribution in [2.24, 2.45) is 0 Å². The minimum Gasteiger partial charge on any atom is -0.508 e. The van der Waals surface area contributed by atoms with Gasteiger partial charge in [0.1, 0.15) is 5.75 Å². The Bertz CT molecular complexity index is 884. The number of likely N-dealkylation sites (tertiary alicyclic amines) is 1. The normalized spacial score (nSPS) is 15.0. The Morgan fingerprint density at radius 3 is 1.97 bits per heavy atom. The first-order valence-corrected chi connectivity index (χ1v) is 11.3. The molecule has 4 nitrogen and oxygen atoms in total. The van der Waals surface area contributed by atoms with Crippen LogP contribution in [0.2, 0.25) is 0 Å². The third kappa shape index (κ3) is 5.59. The summed E-state index contributed by atoms with van der Waals surface area (Å²) in [5.74, 6) is 0.327. The molecule has 1 aliphatic heterocycles. The molecule has 31 heavy (non-hydrogen) atoms. The maximum Gasteiger partial charge on any atom is 0.117 e. The molecule has 3 aromatic rings. The molecule has 1 N–H and O–H groups in total. The van der Waals surface area contributed by atoms with Crippen LogP contribution in [0.5, 0.6) is 5.75 Å². The van der Waals surface area contributed by atoms with E-state index in [0.717, 1.165) is 38.3 Å². The molecule has 0 amide bonds. The van der Waals surface area contributed by atoms with Crippen LogP contribution in [0, 0.1) is 0 Å². The maximum atomic E-state index is 9.69. The van der Waals surface area contributed by atoms with Crippen LogP contribution in [0.3, 0.4) is 0 Å². The number of benzene rings is 3. The standard InChI is InChI=1S/C27H33N3O/c1-28(26-14-8-15-27(31)22-26)18-9-19-29-20-16-25(17-21-29)30(23-10-4-2-5-11-23)24-12-6-3-7-13-24/h2-8,10-15,22,25,31H,9,16-21H2,1H3. The fourth-order valence-corrected chi connectivity index (χ4v) is 4.54.